The zero-order valence-corrected chi connectivity index (χ0v) is 16.3. The van der Waals surface area contributed by atoms with Crippen LogP contribution in [0, 0.1) is 5.92 Å². The first-order valence-corrected chi connectivity index (χ1v) is 11.1. The molecule has 148 valence electrons. The average molecular weight is 401 g/mol. The summed E-state index contributed by atoms with van der Waals surface area (Å²) in [5, 5.41) is 0. The second-order valence-corrected chi connectivity index (χ2v) is 9.11. The van der Waals surface area contributed by atoms with Crippen molar-refractivity contribution in [3.8, 4) is 0 Å². The molecule has 3 aliphatic rings. The minimum atomic E-state index is -3.87. The van der Waals surface area contributed by atoms with Crippen molar-refractivity contribution in [1.82, 2.24) is 9.62 Å². The molecule has 28 heavy (non-hydrogen) atoms. The van der Waals surface area contributed by atoms with Crippen LogP contribution in [-0.2, 0) is 19.6 Å². The Morgan fingerprint density at radius 2 is 1.61 bits per heavy atom. The van der Waals surface area contributed by atoms with Crippen LogP contribution in [0.2, 0.25) is 0 Å². The van der Waals surface area contributed by atoms with E-state index in [1.807, 2.05) is 6.07 Å². The first kappa shape index (κ1) is 19.1. The van der Waals surface area contributed by atoms with Gasteiger partial charge in [-0.25, -0.2) is 13.2 Å². The Morgan fingerprint density at radius 3 is 2.18 bits per heavy atom. The molecule has 3 heterocycles. The van der Waals surface area contributed by atoms with Crippen LogP contribution >= 0.6 is 0 Å². The lowest BCUT2D eigenvalue weighted by Crippen LogP contribution is -2.52. The lowest BCUT2D eigenvalue weighted by Gasteiger charge is -2.44. The number of benzene rings is 2. The third-order valence-electron chi connectivity index (χ3n) is 5.56. The average Bonchev–Trinajstić information content (AvgIpc) is 2.74. The lowest BCUT2D eigenvalue weighted by molar-refractivity contribution is -0.161. The maximum absolute atomic E-state index is 13.0. The van der Waals surface area contributed by atoms with Gasteiger partial charge in [0, 0.05) is 6.54 Å². The zero-order valence-electron chi connectivity index (χ0n) is 15.5. The smallest absolute Gasteiger partial charge is 0.329 e. The van der Waals surface area contributed by atoms with Gasteiger partial charge in [0.15, 0.2) is 0 Å². The Labute approximate surface area is 165 Å². The SMILES string of the molecule is O=C(O[C@H]1CN2CCC1CC2)C(NS(=O)(=O)c1ccccc1)c1ccccc1. The third-order valence-corrected chi connectivity index (χ3v) is 7.00. The molecule has 1 unspecified atom stereocenters. The van der Waals surface area contributed by atoms with Crippen LogP contribution in [0.5, 0.6) is 0 Å². The molecule has 0 spiro atoms. The fourth-order valence-corrected chi connectivity index (χ4v) is 5.18. The van der Waals surface area contributed by atoms with Crippen molar-refractivity contribution < 1.29 is 17.9 Å². The van der Waals surface area contributed by atoms with E-state index in [-0.39, 0.29) is 11.0 Å². The third kappa shape index (κ3) is 4.11. The van der Waals surface area contributed by atoms with E-state index in [0.717, 1.165) is 32.5 Å². The normalized spacial score (nSPS) is 25.2. The van der Waals surface area contributed by atoms with Gasteiger partial charge in [0.1, 0.15) is 12.1 Å². The molecule has 3 aliphatic heterocycles. The van der Waals surface area contributed by atoms with E-state index >= 15 is 0 Å². The molecular formula is C21H24N2O4S. The molecule has 5 rings (SSSR count). The van der Waals surface area contributed by atoms with Crippen molar-refractivity contribution in [3.63, 3.8) is 0 Å². The molecule has 1 N–H and O–H groups in total. The van der Waals surface area contributed by atoms with Crippen molar-refractivity contribution in [1.29, 1.82) is 0 Å². The van der Waals surface area contributed by atoms with Gasteiger partial charge in [-0.2, -0.15) is 4.72 Å². The second kappa shape index (κ2) is 8.03. The maximum atomic E-state index is 13.0. The number of ether oxygens (including phenoxy) is 1. The van der Waals surface area contributed by atoms with Crippen LogP contribution in [0.15, 0.2) is 65.6 Å². The first-order valence-electron chi connectivity index (χ1n) is 9.58. The molecule has 3 fully saturated rings. The highest BCUT2D eigenvalue weighted by Gasteiger charge is 2.38. The molecule has 2 atom stereocenters. The Balaban J connectivity index is 1.56. The number of sulfonamides is 1. The molecule has 7 heteroatoms. The number of hydrogen-bond donors (Lipinski definition) is 1. The van der Waals surface area contributed by atoms with Crippen LogP contribution in [0.3, 0.4) is 0 Å². The van der Waals surface area contributed by atoms with Crippen LogP contribution in [-0.4, -0.2) is 45.0 Å². The van der Waals surface area contributed by atoms with E-state index in [0.29, 0.717) is 11.5 Å². The fraction of sp³-hybridized carbons (Fsp3) is 0.381. The number of carbonyl (C=O) groups excluding carboxylic acids is 1. The van der Waals surface area contributed by atoms with Gasteiger partial charge in [0.25, 0.3) is 0 Å². The lowest BCUT2D eigenvalue weighted by atomic mass is 9.86. The van der Waals surface area contributed by atoms with Gasteiger partial charge in [-0.15, -0.1) is 0 Å². The number of piperidine rings is 3. The minimum absolute atomic E-state index is 0.117. The Kier molecular flexibility index (Phi) is 5.48. The van der Waals surface area contributed by atoms with Crippen LogP contribution < -0.4 is 4.72 Å². The second-order valence-electron chi connectivity index (χ2n) is 7.39. The van der Waals surface area contributed by atoms with Gasteiger partial charge in [-0.3, -0.25) is 4.90 Å². The van der Waals surface area contributed by atoms with E-state index in [1.54, 1.807) is 42.5 Å². The number of rotatable bonds is 6. The monoisotopic (exact) mass is 400 g/mol. The molecule has 0 radical (unpaired) electrons. The summed E-state index contributed by atoms with van der Waals surface area (Å²) in [5.74, 6) is -0.194. The van der Waals surface area contributed by atoms with E-state index < -0.39 is 22.0 Å². The standard InChI is InChI=1S/C21H24N2O4S/c24-21(27-19-15-23-13-11-16(19)12-14-23)20(17-7-3-1-4-8-17)22-28(25,26)18-9-5-2-6-10-18/h1-10,16,19-20,22H,11-15H2/t19-,20?/m0/s1. The molecule has 2 aromatic carbocycles. The Hall–Kier alpha value is -2.22. The summed E-state index contributed by atoms with van der Waals surface area (Å²) in [7, 11) is -3.87. The largest absolute Gasteiger partial charge is 0.459 e. The molecule has 6 nitrogen and oxygen atoms in total. The van der Waals surface area contributed by atoms with Crippen LogP contribution in [0.1, 0.15) is 24.4 Å². The van der Waals surface area contributed by atoms with Crippen LogP contribution in [0.25, 0.3) is 0 Å². The van der Waals surface area contributed by atoms with Crippen molar-refractivity contribution in [2.45, 2.75) is 29.9 Å². The Bertz CT molecular complexity index is 910. The molecule has 0 saturated carbocycles. The number of hydrogen-bond acceptors (Lipinski definition) is 5. The van der Waals surface area contributed by atoms with E-state index in [1.165, 1.54) is 12.1 Å². The van der Waals surface area contributed by atoms with Gasteiger partial charge in [0.2, 0.25) is 10.0 Å². The summed E-state index contributed by atoms with van der Waals surface area (Å²) >= 11 is 0. The summed E-state index contributed by atoms with van der Waals surface area (Å²) in [6, 6.07) is 15.8. The maximum Gasteiger partial charge on any atom is 0.329 e. The van der Waals surface area contributed by atoms with Crippen molar-refractivity contribution in [3.05, 3.63) is 66.2 Å². The van der Waals surface area contributed by atoms with Gasteiger partial charge >= 0.3 is 5.97 Å². The zero-order chi connectivity index (χ0) is 19.6. The summed E-state index contributed by atoms with van der Waals surface area (Å²) < 4.78 is 34.0. The molecule has 3 saturated heterocycles. The van der Waals surface area contributed by atoms with E-state index in [2.05, 4.69) is 9.62 Å². The topological polar surface area (TPSA) is 75.7 Å². The van der Waals surface area contributed by atoms with Gasteiger partial charge in [-0.1, -0.05) is 48.5 Å². The first-order chi connectivity index (χ1) is 13.5. The number of fused-ring (bicyclic) bond motifs is 3. The number of carbonyl (C=O) groups is 1. The summed E-state index contributed by atoms with van der Waals surface area (Å²) in [6.45, 7) is 2.81. The highest BCUT2D eigenvalue weighted by Crippen LogP contribution is 2.31. The fourth-order valence-electron chi connectivity index (χ4n) is 3.98. The summed E-state index contributed by atoms with van der Waals surface area (Å²) in [5.41, 5.74) is 0.563. The van der Waals surface area contributed by atoms with Gasteiger partial charge < -0.3 is 4.74 Å². The predicted molar refractivity (Wildman–Crippen MR) is 105 cm³/mol. The van der Waals surface area contributed by atoms with Gasteiger partial charge in [0.05, 0.1) is 4.90 Å². The van der Waals surface area contributed by atoms with Crippen molar-refractivity contribution >= 4 is 16.0 Å². The van der Waals surface area contributed by atoms with Crippen molar-refractivity contribution in [2.75, 3.05) is 19.6 Å². The quantitative estimate of drug-likeness (QED) is 0.754. The molecular weight excluding hydrogens is 376 g/mol. The van der Waals surface area contributed by atoms with Crippen LogP contribution in [0.4, 0.5) is 0 Å². The number of nitrogens with one attached hydrogen (secondary N) is 1. The van der Waals surface area contributed by atoms with Gasteiger partial charge in [-0.05, 0) is 49.5 Å². The number of esters is 1. The predicted octanol–water partition coefficient (Wildman–Crippen LogP) is 2.34. The molecule has 2 bridgehead atoms. The highest BCUT2D eigenvalue weighted by atomic mass is 32.2. The summed E-state index contributed by atoms with van der Waals surface area (Å²) in [6.07, 6.45) is 1.86. The van der Waals surface area contributed by atoms with E-state index in [9.17, 15) is 13.2 Å². The Morgan fingerprint density at radius 1 is 1.00 bits per heavy atom. The summed E-state index contributed by atoms with van der Waals surface area (Å²) in [4.78, 5) is 15.4. The number of nitrogens with zero attached hydrogens (tertiary/aromatic N) is 1. The molecule has 0 amide bonds. The van der Waals surface area contributed by atoms with Crippen molar-refractivity contribution in [2.24, 2.45) is 5.92 Å². The molecule has 0 aliphatic carbocycles. The minimum Gasteiger partial charge on any atom is -0.459 e. The van der Waals surface area contributed by atoms with E-state index in [4.69, 9.17) is 4.74 Å². The molecule has 2 aromatic rings. The molecule has 0 aromatic heterocycles. The highest BCUT2D eigenvalue weighted by molar-refractivity contribution is 7.89.